The highest BCUT2D eigenvalue weighted by atomic mass is 16.2. The predicted molar refractivity (Wildman–Crippen MR) is 94.7 cm³/mol. The van der Waals surface area contributed by atoms with Crippen molar-refractivity contribution >= 4 is 11.6 Å². The molecule has 1 aromatic heterocycles. The summed E-state index contributed by atoms with van der Waals surface area (Å²) < 4.78 is 0. The summed E-state index contributed by atoms with van der Waals surface area (Å²) in [7, 11) is 0. The molecule has 1 heterocycles. The molecule has 2 rings (SSSR count). The Kier molecular flexibility index (Phi) is 6.15. The second-order valence-electron chi connectivity index (χ2n) is 5.38. The average molecular weight is 311 g/mol. The first-order valence-corrected chi connectivity index (χ1v) is 8.23. The number of hydrogen-bond acceptors (Lipinski definition) is 3. The Morgan fingerprint density at radius 2 is 1.65 bits per heavy atom. The van der Waals surface area contributed by atoms with Gasteiger partial charge in [0.05, 0.1) is 11.9 Å². The van der Waals surface area contributed by atoms with Crippen LogP contribution < -0.4 is 4.90 Å². The minimum absolute atomic E-state index is 0.00680. The largest absolute Gasteiger partial charge is 0.366 e. The zero-order valence-electron chi connectivity index (χ0n) is 14.2. The highest BCUT2D eigenvalue weighted by molar-refractivity contribution is 5.92. The molecule has 4 nitrogen and oxygen atoms in total. The summed E-state index contributed by atoms with van der Waals surface area (Å²) in [4.78, 5) is 20.7. The molecule has 0 aliphatic heterocycles. The minimum Gasteiger partial charge on any atom is -0.366 e. The van der Waals surface area contributed by atoms with E-state index in [2.05, 4.69) is 28.9 Å². The summed E-state index contributed by atoms with van der Waals surface area (Å²) >= 11 is 0. The fraction of sp³-hybridized carbons (Fsp3) is 0.368. The van der Waals surface area contributed by atoms with Crippen molar-refractivity contribution in [2.24, 2.45) is 0 Å². The molecule has 0 fully saturated rings. The number of hydrogen-bond donors (Lipinski definition) is 0. The van der Waals surface area contributed by atoms with E-state index in [1.807, 2.05) is 44.2 Å². The first-order valence-electron chi connectivity index (χ1n) is 8.23. The number of benzene rings is 1. The van der Waals surface area contributed by atoms with Crippen molar-refractivity contribution in [2.75, 3.05) is 24.5 Å². The number of carbonyl (C=O) groups excluding carboxylic acids is 1. The summed E-state index contributed by atoms with van der Waals surface area (Å²) in [5.41, 5.74) is 2.80. The lowest BCUT2D eigenvalue weighted by molar-refractivity contribution is 0.0767. The van der Waals surface area contributed by atoms with Crippen LogP contribution >= 0.6 is 0 Å². The molecule has 0 aliphatic rings. The zero-order valence-corrected chi connectivity index (χ0v) is 14.2. The van der Waals surface area contributed by atoms with Gasteiger partial charge in [0, 0.05) is 26.2 Å². The lowest BCUT2D eigenvalue weighted by atomic mass is 10.2. The van der Waals surface area contributed by atoms with Crippen molar-refractivity contribution in [3.63, 3.8) is 0 Å². The standard InChI is InChI=1S/C19H25N3O/c1-4-21(5-2)19(23)18-13-12-17(14-20-18)22(6-3)15-16-10-8-7-9-11-16/h7-14H,4-6,15H2,1-3H3. The van der Waals surface area contributed by atoms with E-state index in [1.54, 1.807) is 11.1 Å². The van der Waals surface area contributed by atoms with Crippen molar-refractivity contribution in [1.82, 2.24) is 9.88 Å². The normalized spacial score (nSPS) is 10.4. The van der Waals surface area contributed by atoms with Gasteiger partial charge in [0.1, 0.15) is 5.69 Å². The number of pyridine rings is 1. The number of aromatic nitrogens is 1. The van der Waals surface area contributed by atoms with Crippen molar-refractivity contribution in [1.29, 1.82) is 0 Å². The van der Waals surface area contributed by atoms with Crippen LogP contribution in [0.5, 0.6) is 0 Å². The van der Waals surface area contributed by atoms with Crippen LogP contribution in [0, 0.1) is 0 Å². The van der Waals surface area contributed by atoms with Gasteiger partial charge in [-0.25, -0.2) is 4.98 Å². The van der Waals surface area contributed by atoms with Gasteiger partial charge in [0.25, 0.3) is 5.91 Å². The minimum atomic E-state index is -0.00680. The zero-order chi connectivity index (χ0) is 16.7. The smallest absolute Gasteiger partial charge is 0.272 e. The summed E-state index contributed by atoms with van der Waals surface area (Å²) in [6.07, 6.45) is 1.79. The summed E-state index contributed by atoms with van der Waals surface area (Å²) in [6, 6.07) is 14.2. The van der Waals surface area contributed by atoms with E-state index in [9.17, 15) is 4.79 Å². The van der Waals surface area contributed by atoms with Crippen LogP contribution in [-0.4, -0.2) is 35.4 Å². The van der Waals surface area contributed by atoms with Gasteiger partial charge in [-0.2, -0.15) is 0 Å². The molecule has 0 unspecified atom stereocenters. The third-order valence-electron chi connectivity index (χ3n) is 3.98. The molecule has 0 spiro atoms. The van der Waals surface area contributed by atoms with Crippen LogP contribution in [0.1, 0.15) is 36.8 Å². The molecule has 23 heavy (non-hydrogen) atoms. The van der Waals surface area contributed by atoms with E-state index in [4.69, 9.17) is 0 Å². The van der Waals surface area contributed by atoms with Crippen LogP contribution in [-0.2, 0) is 6.54 Å². The topological polar surface area (TPSA) is 36.4 Å². The molecule has 0 radical (unpaired) electrons. The van der Waals surface area contributed by atoms with Crippen molar-refractivity contribution in [2.45, 2.75) is 27.3 Å². The Balaban J connectivity index is 2.12. The molecule has 0 aliphatic carbocycles. The van der Waals surface area contributed by atoms with Crippen LogP contribution in [0.25, 0.3) is 0 Å². The van der Waals surface area contributed by atoms with Gasteiger partial charge < -0.3 is 9.80 Å². The van der Waals surface area contributed by atoms with E-state index in [0.29, 0.717) is 18.8 Å². The maximum absolute atomic E-state index is 12.3. The van der Waals surface area contributed by atoms with Gasteiger partial charge in [-0.05, 0) is 38.5 Å². The molecule has 0 saturated heterocycles. The first-order chi connectivity index (χ1) is 11.2. The Morgan fingerprint density at radius 3 is 2.17 bits per heavy atom. The Morgan fingerprint density at radius 1 is 0.957 bits per heavy atom. The van der Waals surface area contributed by atoms with E-state index >= 15 is 0 Å². The lowest BCUT2D eigenvalue weighted by Crippen LogP contribution is -2.31. The van der Waals surface area contributed by atoms with E-state index < -0.39 is 0 Å². The fourth-order valence-corrected chi connectivity index (χ4v) is 2.56. The second-order valence-corrected chi connectivity index (χ2v) is 5.38. The van der Waals surface area contributed by atoms with Crippen LogP contribution in [0.4, 0.5) is 5.69 Å². The quantitative estimate of drug-likeness (QED) is 0.784. The first kappa shape index (κ1) is 17.0. The Labute approximate surface area is 138 Å². The summed E-state index contributed by atoms with van der Waals surface area (Å²) in [5.74, 6) is -0.00680. The van der Waals surface area contributed by atoms with Crippen LogP contribution in [0.15, 0.2) is 48.7 Å². The highest BCUT2D eigenvalue weighted by Crippen LogP contribution is 2.17. The number of carbonyl (C=O) groups is 1. The van der Waals surface area contributed by atoms with Crippen molar-refractivity contribution in [3.05, 3.63) is 59.9 Å². The van der Waals surface area contributed by atoms with Crippen LogP contribution in [0.3, 0.4) is 0 Å². The van der Waals surface area contributed by atoms with Crippen LogP contribution in [0.2, 0.25) is 0 Å². The molecule has 0 saturated carbocycles. The molecule has 0 N–H and O–H groups in total. The average Bonchev–Trinajstić information content (AvgIpc) is 2.61. The van der Waals surface area contributed by atoms with Gasteiger partial charge in [-0.1, -0.05) is 30.3 Å². The Hall–Kier alpha value is -2.36. The second kappa shape index (κ2) is 8.32. The third kappa shape index (κ3) is 4.31. The summed E-state index contributed by atoms with van der Waals surface area (Å²) in [6.45, 7) is 9.21. The van der Waals surface area contributed by atoms with E-state index in [1.165, 1.54) is 5.56 Å². The van der Waals surface area contributed by atoms with Gasteiger partial charge in [-0.3, -0.25) is 4.79 Å². The molecule has 4 heteroatoms. The van der Waals surface area contributed by atoms with Gasteiger partial charge in [-0.15, -0.1) is 0 Å². The maximum atomic E-state index is 12.3. The highest BCUT2D eigenvalue weighted by Gasteiger charge is 2.14. The molecule has 122 valence electrons. The monoisotopic (exact) mass is 311 g/mol. The number of anilines is 1. The Bertz CT molecular complexity index is 606. The number of rotatable bonds is 7. The predicted octanol–water partition coefficient (Wildman–Crippen LogP) is 3.59. The molecule has 1 amide bonds. The molecular weight excluding hydrogens is 286 g/mol. The SMILES string of the molecule is CCN(CC)C(=O)c1ccc(N(CC)Cc2ccccc2)cn1. The number of nitrogens with zero attached hydrogens (tertiary/aromatic N) is 3. The van der Waals surface area contributed by atoms with Gasteiger partial charge in [0.2, 0.25) is 0 Å². The van der Waals surface area contributed by atoms with Gasteiger partial charge in [0.15, 0.2) is 0 Å². The lowest BCUT2D eigenvalue weighted by Gasteiger charge is -2.23. The number of amides is 1. The van der Waals surface area contributed by atoms with Crippen molar-refractivity contribution < 1.29 is 4.79 Å². The molecule has 2 aromatic rings. The van der Waals surface area contributed by atoms with E-state index in [0.717, 1.165) is 18.8 Å². The third-order valence-corrected chi connectivity index (χ3v) is 3.98. The molecule has 0 bridgehead atoms. The maximum Gasteiger partial charge on any atom is 0.272 e. The molecule has 0 atom stereocenters. The summed E-state index contributed by atoms with van der Waals surface area (Å²) in [5, 5.41) is 0. The van der Waals surface area contributed by atoms with E-state index in [-0.39, 0.29) is 5.91 Å². The van der Waals surface area contributed by atoms with Crippen molar-refractivity contribution in [3.8, 4) is 0 Å². The van der Waals surface area contributed by atoms with Gasteiger partial charge >= 0.3 is 0 Å². The molecule has 1 aromatic carbocycles. The fourth-order valence-electron chi connectivity index (χ4n) is 2.56. The molecular formula is C19H25N3O.